The summed E-state index contributed by atoms with van der Waals surface area (Å²) in [5.41, 5.74) is 7.91. The van der Waals surface area contributed by atoms with Crippen LogP contribution in [-0.4, -0.2) is 77.9 Å². The Morgan fingerprint density at radius 3 is 2.69 bits per heavy atom. The molecule has 4 N–H and O–H groups in total. The third-order valence-corrected chi connectivity index (χ3v) is 6.79. The smallest absolute Gasteiger partial charge is 0.326 e. The zero-order chi connectivity index (χ0) is 24.6. The summed E-state index contributed by atoms with van der Waals surface area (Å²) >= 11 is 0. The summed E-state index contributed by atoms with van der Waals surface area (Å²) in [6.07, 6.45) is 4.20. The number of benzene rings is 1. The van der Waals surface area contributed by atoms with Gasteiger partial charge < -0.3 is 35.3 Å². The van der Waals surface area contributed by atoms with E-state index in [1.165, 1.54) is 12.1 Å². The van der Waals surface area contributed by atoms with Crippen molar-refractivity contribution in [2.24, 2.45) is 11.7 Å². The van der Waals surface area contributed by atoms with E-state index in [1.54, 1.807) is 19.4 Å². The highest BCUT2D eigenvalue weighted by Gasteiger charge is 2.27. The molecule has 188 valence electrons. The van der Waals surface area contributed by atoms with Crippen LogP contribution in [0.4, 0.5) is 21.8 Å². The van der Waals surface area contributed by atoms with Gasteiger partial charge in [-0.3, -0.25) is 0 Å². The highest BCUT2D eigenvalue weighted by molar-refractivity contribution is 6.14. The molecular weight excluding hydrogens is 465 g/mol. The van der Waals surface area contributed by atoms with Gasteiger partial charge in [-0.15, -0.1) is 0 Å². The molecule has 0 radical (unpaired) electrons. The van der Waals surface area contributed by atoms with Crippen LogP contribution in [0.25, 0.3) is 21.9 Å². The van der Waals surface area contributed by atoms with Gasteiger partial charge in [-0.25, -0.2) is 14.4 Å². The number of H-pyrrole nitrogens is 1. The predicted molar refractivity (Wildman–Crippen MR) is 135 cm³/mol. The van der Waals surface area contributed by atoms with Crippen LogP contribution < -0.4 is 25.6 Å². The second kappa shape index (κ2) is 9.36. The molecule has 4 aromatic rings. The minimum Gasteiger partial charge on any atom is -0.421 e. The molecule has 6 rings (SSSR count). The van der Waals surface area contributed by atoms with Gasteiger partial charge in [-0.05, 0) is 31.0 Å². The summed E-state index contributed by atoms with van der Waals surface area (Å²) in [5, 5.41) is 4.52. The van der Waals surface area contributed by atoms with Gasteiger partial charge in [0, 0.05) is 38.6 Å². The lowest BCUT2D eigenvalue weighted by Crippen LogP contribution is -2.37. The predicted octanol–water partition coefficient (Wildman–Crippen LogP) is 2.50. The van der Waals surface area contributed by atoms with Gasteiger partial charge in [0.25, 0.3) is 0 Å². The van der Waals surface area contributed by atoms with E-state index >= 15 is 0 Å². The normalized spacial score (nSPS) is 18.4. The second-order valence-corrected chi connectivity index (χ2v) is 9.06. The molecule has 0 saturated carbocycles. The van der Waals surface area contributed by atoms with Gasteiger partial charge in [0.15, 0.2) is 5.75 Å². The van der Waals surface area contributed by atoms with Crippen LogP contribution in [0, 0.1) is 11.7 Å². The SMILES string of the molecule is CNc1cc(F)cc2c1[nH]c1nc(Oc3cnc(N4CCOCC4)nc3)nc(N3CCC(CN)C3)c12. The van der Waals surface area contributed by atoms with Crippen LogP contribution in [-0.2, 0) is 4.74 Å². The monoisotopic (exact) mass is 493 g/mol. The van der Waals surface area contributed by atoms with E-state index in [4.69, 9.17) is 20.2 Å². The number of nitrogens with zero attached hydrogens (tertiary/aromatic N) is 6. The number of rotatable bonds is 6. The van der Waals surface area contributed by atoms with E-state index in [0.717, 1.165) is 43.5 Å². The van der Waals surface area contributed by atoms with Gasteiger partial charge in [-0.2, -0.15) is 9.97 Å². The Morgan fingerprint density at radius 2 is 1.97 bits per heavy atom. The molecule has 2 aliphatic rings. The number of anilines is 3. The van der Waals surface area contributed by atoms with Crippen molar-refractivity contribution in [2.45, 2.75) is 6.42 Å². The van der Waals surface area contributed by atoms with Crippen LogP contribution in [0.5, 0.6) is 11.8 Å². The maximum absolute atomic E-state index is 14.5. The minimum atomic E-state index is -0.335. The molecular formula is C24H28FN9O2. The molecule has 2 saturated heterocycles. The molecule has 0 aliphatic carbocycles. The fourth-order valence-corrected chi connectivity index (χ4v) is 4.91. The Kier molecular flexibility index (Phi) is 5.89. The fourth-order valence-electron chi connectivity index (χ4n) is 4.91. The van der Waals surface area contributed by atoms with Gasteiger partial charge in [-0.1, -0.05) is 0 Å². The molecule has 3 aromatic heterocycles. The average Bonchev–Trinajstić information content (AvgIpc) is 3.54. The number of aromatic amines is 1. The van der Waals surface area contributed by atoms with Crippen molar-refractivity contribution in [2.75, 3.05) is 68.1 Å². The first-order valence-electron chi connectivity index (χ1n) is 12.1. The standard InChI is InChI=1S/C24H28FN9O2/c1-27-18-9-15(25)8-17-19-21(30-20(17)18)31-24(32-22(19)34-3-2-14(10-26)13-34)36-16-11-28-23(29-12-16)33-4-6-35-7-5-33/h8-9,11-12,14,27H,2-7,10,13,26H2,1H3,(H,30,31,32). The maximum Gasteiger partial charge on any atom is 0.326 e. The van der Waals surface area contributed by atoms with Gasteiger partial charge >= 0.3 is 6.01 Å². The van der Waals surface area contributed by atoms with Gasteiger partial charge in [0.1, 0.15) is 17.3 Å². The van der Waals surface area contributed by atoms with Crippen molar-refractivity contribution < 1.29 is 13.9 Å². The number of hydrogen-bond acceptors (Lipinski definition) is 10. The summed E-state index contributed by atoms with van der Waals surface area (Å²) in [6, 6.07) is 3.13. The fraction of sp³-hybridized carbons (Fsp3) is 0.417. The van der Waals surface area contributed by atoms with Crippen LogP contribution >= 0.6 is 0 Å². The van der Waals surface area contributed by atoms with Crippen molar-refractivity contribution in [1.29, 1.82) is 0 Å². The van der Waals surface area contributed by atoms with Crippen molar-refractivity contribution in [3.05, 3.63) is 30.3 Å². The number of halogens is 1. The molecule has 0 amide bonds. The maximum atomic E-state index is 14.5. The highest BCUT2D eigenvalue weighted by atomic mass is 19.1. The molecule has 11 nitrogen and oxygen atoms in total. The summed E-state index contributed by atoms with van der Waals surface area (Å²) in [4.78, 5) is 25.9. The molecule has 0 spiro atoms. The van der Waals surface area contributed by atoms with Crippen LogP contribution in [0.1, 0.15) is 6.42 Å². The van der Waals surface area contributed by atoms with Crippen molar-refractivity contribution in [3.63, 3.8) is 0 Å². The molecule has 1 unspecified atom stereocenters. The Labute approximate surface area is 206 Å². The molecule has 36 heavy (non-hydrogen) atoms. The Morgan fingerprint density at radius 1 is 1.17 bits per heavy atom. The molecule has 0 bridgehead atoms. The van der Waals surface area contributed by atoms with Gasteiger partial charge in [0.2, 0.25) is 5.95 Å². The average molecular weight is 494 g/mol. The topological polar surface area (TPSA) is 130 Å². The molecule has 1 atom stereocenters. The summed E-state index contributed by atoms with van der Waals surface area (Å²) in [7, 11) is 1.76. The van der Waals surface area contributed by atoms with E-state index in [9.17, 15) is 4.39 Å². The largest absolute Gasteiger partial charge is 0.421 e. The molecule has 5 heterocycles. The van der Waals surface area contributed by atoms with E-state index in [1.807, 2.05) is 0 Å². The first kappa shape index (κ1) is 22.7. The Hall–Kier alpha value is -3.77. The van der Waals surface area contributed by atoms with Crippen LogP contribution in [0.15, 0.2) is 24.5 Å². The third kappa shape index (κ3) is 4.11. The van der Waals surface area contributed by atoms with Crippen molar-refractivity contribution in [3.8, 4) is 11.8 Å². The van der Waals surface area contributed by atoms with Crippen LogP contribution in [0.2, 0.25) is 0 Å². The summed E-state index contributed by atoms with van der Waals surface area (Å²) in [5.74, 6) is 1.78. The zero-order valence-corrected chi connectivity index (χ0v) is 20.0. The number of nitrogens with one attached hydrogen (secondary N) is 2. The van der Waals surface area contributed by atoms with Crippen molar-refractivity contribution >= 4 is 39.4 Å². The second-order valence-electron chi connectivity index (χ2n) is 9.06. The lowest BCUT2D eigenvalue weighted by Gasteiger charge is -2.26. The number of ether oxygens (including phenoxy) is 2. The lowest BCUT2D eigenvalue weighted by molar-refractivity contribution is 0.122. The van der Waals surface area contributed by atoms with E-state index in [0.29, 0.717) is 59.9 Å². The number of fused-ring (bicyclic) bond motifs is 3. The molecule has 1 aromatic carbocycles. The first-order chi connectivity index (χ1) is 17.6. The summed E-state index contributed by atoms with van der Waals surface area (Å²) in [6.45, 7) is 4.98. The Bertz CT molecular complexity index is 1390. The number of aromatic nitrogens is 5. The van der Waals surface area contributed by atoms with E-state index < -0.39 is 0 Å². The van der Waals surface area contributed by atoms with Crippen LogP contribution in [0.3, 0.4) is 0 Å². The highest BCUT2D eigenvalue weighted by Crippen LogP contribution is 2.38. The summed E-state index contributed by atoms with van der Waals surface area (Å²) < 4.78 is 25.9. The molecule has 2 fully saturated rings. The van der Waals surface area contributed by atoms with Gasteiger partial charge in [0.05, 0.1) is 42.2 Å². The quantitative estimate of drug-likeness (QED) is 0.368. The lowest BCUT2D eigenvalue weighted by atomic mass is 10.1. The zero-order valence-electron chi connectivity index (χ0n) is 20.0. The minimum absolute atomic E-state index is 0.162. The van der Waals surface area contributed by atoms with E-state index in [-0.39, 0.29) is 11.8 Å². The van der Waals surface area contributed by atoms with Crippen molar-refractivity contribution in [1.82, 2.24) is 24.9 Å². The van der Waals surface area contributed by atoms with E-state index in [2.05, 4.69) is 35.1 Å². The Balaban J connectivity index is 1.40. The number of hydrogen-bond donors (Lipinski definition) is 3. The molecule has 2 aliphatic heterocycles. The molecule has 12 heteroatoms. The third-order valence-electron chi connectivity index (χ3n) is 6.79. The number of nitrogens with two attached hydrogens (primary N) is 1. The number of morpholine rings is 1. The first-order valence-corrected chi connectivity index (χ1v) is 12.1.